The number of benzene rings is 4. The molecule has 6 heteroatoms. The number of nitrogens with one attached hydrogen (secondary N) is 1. The summed E-state index contributed by atoms with van der Waals surface area (Å²) in [6.07, 6.45) is 7.67. The number of hydrogen-bond donors (Lipinski definition) is 1. The number of ether oxygens (including phenoxy) is 2. The molecule has 0 aromatic heterocycles. The van der Waals surface area contributed by atoms with Gasteiger partial charge in [-0.1, -0.05) is 70.5 Å². The fraction of sp³-hybridized carbons (Fsp3) is 0.206. The van der Waals surface area contributed by atoms with Crippen LogP contribution in [0.3, 0.4) is 0 Å². The van der Waals surface area contributed by atoms with E-state index in [1.54, 1.807) is 0 Å². The molecule has 2 aliphatic rings. The van der Waals surface area contributed by atoms with Gasteiger partial charge in [-0.25, -0.2) is 0 Å². The first kappa shape index (κ1) is 26.9. The molecule has 0 bridgehead atoms. The third-order valence-electron chi connectivity index (χ3n) is 7.52. The molecule has 0 radical (unpaired) electrons. The Balaban J connectivity index is 1.17. The second kappa shape index (κ2) is 12.0. The molecule has 1 N–H and O–H groups in total. The van der Waals surface area contributed by atoms with E-state index in [1.165, 1.54) is 16.8 Å². The van der Waals surface area contributed by atoms with Crippen LogP contribution < -0.4 is 14.8 Å². The summed E-state index contributed by atoms with van der Waals surface area (Å²) < 4.78 is 13.9. The lowest BCUT2D eigenvalue weighted by atomic mass is 9.77. The summed E-state index contributed by atoms with van der Waals surface area (Å²) in [5, 5.41) is 3.80. The van der Waals surface area contributed by atoms with Gasteiger partial charge >= 0.3 is 0 Å². The number of fused-ring (bicyclic) bond motifs is 3. The number of para-hydroxylation sites is 1. The van der Waals surface area contributed by atoms with Crippen molar-refractivity contribution in [1.29, 1.82) is 0 Å². The SMILES string of the molecule is CCOc1cc(C=Nc2ccc([C@@H]3Nc4ccccc4[C@H]4C=CC[C@@H]43)cc2)cc(Br)c1OCc1ccc(Br)cc1. The van der Waals surface area contributed by atoms with E-state index in [2.05, 4.69) is 97.9 Å². The van der Waals surface area contributed by atoms with Crippen LogP contribution in [-0.4, -0.2) is 12.8 Å². The Kier molecular flexibility index (Phi) is 8.08. The molecular weight excluding hydrogens is 628 g/mol. The Morgan fingerprint density at radius 1 is 0.950 bits per heavy atom. The van der Waals surface area contributed by atoms with Crippen LogP contribution in [-0.2, 0) is 6.61 Å². The normalized spacial score (nSPS) is 19.2. The first-order chi connectivity index (χ1) is 19.6. The van der Waals surface area contributed by atoms with E-state index >= 15 is 0 Å². The molecule has 40 heavy (non-hydrogen) atoms. The molecule has 0 spiro atoms. The zero-order valence-electron chi connectivity index (χ0n) is 22.2. The van der Waals surface area contributed by atoms with Crippen molar-refractivity contribution in [3.8, 4) is 11.5 Å². The predicted molar refractivity (Wildman–Crippen MR) is 170 cm³/mol. The van der Waals surface area contributed by atoms with Crippen LogP contribution in [0, 0.1) is 5.92 Å². The van der Waals surface area contributed by atoms with Gasteiger partial charge in [-0.2, -0.15) is 0 Å². The van der Waals surface area contributed by atoms with Gasteiger partial charge in [0, 0.05) is 22.3 Å². The lowest BCUT2D eigenvalue weighted by Crippen LogP contribution is -2.28. The number of halogens is 2. The van der Waals surface area contributed by atoms with Crippen LogP contribution in [0.5, 0.6) is 11.5 Å². The highest BCUT2D eigenvalue weighted by Gasteiger charge is 2.37. The van der Waals surface area contributed by atoms with E-state index in [-0.39, 0.29) is 6.04 Å². The Labute approximate surface area is 252 Å². The second-order valence-corrected chi connectivity index (χ2v) is 11.9. The Bertz CT molecular complexity index is 1550. The summed E-state index contributed by atoms with van der Waals surface area (Å²) in [6, 6.07) is 29.6. The predicted octanol–water partition coefficient (Wildman–Crippen LogP) is 9.77. The van der Waals surface area contributed by atoms with Crippen molar-refractivity contribution in [1.82, 2.24) is 0 Å². The molecule has 1 aliphatic carbocycles. The molecule has 6 rings (SSSR count). The van der Waals surface area contributed by atoms with Gasteiger partial charge in [0.25, 0.3) is 0 Å². The van der Waals surface area contributed by atoms with Crippen molar-refractivity contribution < 1.29 is 9.47 Å². The molecule has 4 nitrogen and oxygen atoms in total. The molecule has 4 aromatic rings. The van der Waals surface area contributed by atoms with Crippen molar-refractivity contribution in [2.75, 3.05) is 11.9 Å². The highest BCUT2D eigenvalue weighted by Crippen LogP contribution is 2.49. The molecule has 0 saturated carbocycles. The monoisotopic (exact) mass is 656 g/mol. The van der Waals surface area contributed by atoms with Crippen LogP contribution >= 0.6 is 31.9 Å². The maximum Gasteiger partial charge on any atom is 0.175 e. The van der Waals surface area contributed by atoms with Gasteiger partial charge in [0.05, 0.1) is 22.8 Å². The van der Waals surface area contributed by atoms with Crippen LogP contribution in [0.15, 0.2) is 111 Å². The van der Waals surface area contributed by atoms with E-state index in [0.717, 1.165) is 32.2 Å². The summed E-state index contributed by atoms with van der Waals surface area (Å²) in [7, 11) is 0. The van der Waals surface area contributed by atoms with Gasteiger partial charge in [-0.05, 0) is 99.9 Å². The Morgan fingerprint density at radius 3 is 2.55 bits per heavy atom. The summed E-state index contributed by atoms with van der Waals surface area (Å²) in [5.41, 5.74) is 6.86. The molecule has 0 fully saturated rings. The number of aliphatic imine (C=N–C) groups is 1. The summed E-state index contributed by atoms with van der Waals surface area (Å²) in [5.74, 6) is 2.38. The third kappa shape index (κ3) is 5.74. The maximum atomic E-state index is 6.14. The smallest absolute Gasteiger partial charge is 0.175 e. The summed E-state index contributed by atoms with van der Waals surface area (Å²) >= 11 is 7.16. The van der Waals surface area contributed by atoms with E-state index < -0.39 is 0 Å². The lowest BCUT2D eigenvalue weighted by Gasteiger charge is -2.37. The first-order valence-corrected chi connectivity index (χ1v) is 15.2. The maximum absolute atomic E-state index is 6.14. The topological polar surface area (TPSA) is 42.8 Å². The minimum absolute atomic E-state index is 0.280. The average Bonchev–Trinajstić information content (AvgIpc) is 3.47. The molecule has 1 heterocycles. The highest BCUT2D eigenvalue weighted by molar-refractivity contribution is 9.10. The van der Waals surface area contributed by atoms with Crippen LogP contribution in [0.25, 0.3) is 0 Å². The van der Waals surface area contributed by atoms with E-state index in [1.807, 2.05) is 49.5 Å². The number of allylic oxidation sites excluding steroid dienone is 2. The van der Waals surface area contributed by atoms with Gasteiger partial charge in [0.15, 0.2) is 11.5 Å². The van der Waals surface area contributed by atoms with Crippen LogP contribution in [0.4, 0.5) is 11.4 Å². The van der Waals surface area contributed by atoms with Crippen molar-refractivity contribution in [3.05, 3.63) is 128 Å². The zero-order chi connectivity index (χ0) is 27.5. The van der Waals surface area contributed by atoms with Crippen molar-refractivity contribution in [3.63, 3.8) is 0 Å². The number of hydrogen-bond acceptors (Lipinski definition) is 4. The molecule has 202 valence electrons. The molecular formula is C34H30Br2N2O2. The minimum Gasteiger partial charge on any atom is -0.490 e. The molecule has 0 amide bonds. The van der Waals surface area contributed by atoms with E-state index in [0.29, 0.717) is 36.5 Å². The summed E-state index contributed by atoms with van der Waals surface area (Å²) in [4.78, 5) is 4.76. The number of nitrogens with zero attached hydrogens (tertiary/aromatic N) is 1. The fourth-order valence-electron chi connectivity index (χ4n) is 5.59. The lowest BCUT2D eigenvalue weighted by molar-refractivity contribution is 0.267. The van der Waals surface area contributed by atoms with Gasteiger partial charge in [0.2, 0.25) is 0 Å². The summed E-state index contributed by atoms with van der Waals surface area (Å²) in [6.45, 7) is 2.96. The highest BCUT2D eigenvalue weighted by atomic mass is 79.9. The molecule has 1 aliphatic heterocycles. The Morgan fingerprint density at radius 2 is 1.75 bits per heavy atom. The fourth-order valence-corrected chi connectivity index (χ4v) is 6.43. The number of rotatable bonds is 8. The third-order valence-corrected chi connectivity index (χ3v) is 8.63. The number of anilines is 1. The zero-order valence-corrected chi connectivity index (χ0v) is 25.4. The van der Waals surface area contributed by atoms with Crippen molar-refractivity contribution >= 4 is 49.4 Å². The van der Waals surface area contributed by atoms with Crippen LogP contribution in [0.2, 0.25) is 0 Å². The average molecular weight is 658 g/mol. The van der Waals surface area contributed by atoms with Gasteiger partial charge in [-0.15, -0.1) is 0 Å². The van der Waals surface area contributed by atoms with Gasteiger partial charge in [-0.3, -0.25) is 4.99 Å². The molecule has 0 saturated heterocycles. The van der Waals surface area contributed by atoms with Gasteiger partial charge in [0.1, 0.15) is 6.61 Å². The van der Waals surface area contributed by atoms with Crippen LogP contribution in [0.1, 0.15) is 47.6 Å². The largest absolute Gasteiger partial charge is 0.490 e. The van der Waals surface area contributed by atoms with Gasteiger partial charge < -0.3 is 14.8 Å². The van der Waals surface area contributed by atoms with E-state index in [4.69, 9.17) is 14.5 Å². The molecule has 0 unspecified atom stereocenters. The quantitative estimate of drug-likeness (QED) is 0.152. The van der Waals surface area contributed by atoms with Crippen molar-refractivity contribution in [2.45, 2.75) is 31.9 Å². The standard InChI is InChI=1S/C34H30Br2N2O2/c1-2-39-32-19-23(18-30(36)34(32)40-21-22-10-14-25(35)15-11-22)20-37-26-16-12-24(13-17-26)33-29-8-5-7-27(29)28-6-3-4-9-31(28)38-33/h3-7,9-20,27,29,33,38H,2,8,21H2,1H3/t27-,29+,33+/m1/s1. The molecule has 4 aromatic carbocycles. The van der Waals surface area contributed by atoms with Crippen molar-refractivity contribution in [2.24, 2.45) is 10.9 Å². The first-order valence-electron chi connectivity index (χ1n) is 13.6. The molecule has 3 atom stereocenters. The second-order valence-electron chi connectivity index (χ2n) is 10.1. The Hall–Kier alpha value is -3.35. The minimum atomic E-state index is 0.280. The van der Waals surface area contributed by atoms with E-state index in [9.17, 15) is 0 Å².